The van der Waals surface area contributed by atoms with Crippen LogP contribution >= 0.6 is 15.9 Å². The predicted molar refractivity (Wildman–Crippen MR) is 58.9 cm³/mol. The van der Waals surface area contributed by atoms with Crippen molar-refractivity contribution in [1.82, 2.24) is 0 Å². The van der Waals surface area contributed by atoms with E-state index in [4.69, 9.17) is 9.47 Å². The minimum absolute atomic E-state index is 0.439. The fourth-order valence-electron chi connectivity index (χ4n) is 1.32. The number of anilines is 1. The zero-order valence-corrected chi connectivity index (χ0v) is 9.50. The van der Waals surface area contributed by atoms with E-state index in [1.165, 1.54) is 0 Å². The topological polar surface area (TPSA) is 30.5 Å². The second kappa shape index (κ2) is 4.19. The van der Waals surface area contributed by atoms with Gasteiger partial charge in [0.25, 0.3) is 0 Å². The highest BCUT2D eigenvalue weighted by Crippen LogP contribution is 2.25. The van der Waals surface area contributed by atoms with Crippen molar-refractivity contribution in [1.29, 1.82) is 0 Å². The molecule has 14 heavy (non-hydrogen) atoms. The lowest BCUT2D eigenvalue weighted by molar-refractivity contribution is 0.0211. The molecule has 0 aromatic heterocycles. The molecule has 0 radical (unpaired) electrons. The highest BCUT2D eigenvalue weighted by atomic mass is 79.9. The van der Waals surface area contributed by atoms with Crippen LogP contribution in [0.2, 0.25) is 0 Å². The first-order valence-electron chi connectivity index (χ1n) is 4.47. The molecule has 1 heterocycles. The van der Waals surface area contributed by atoms with Crippen LogP contribution in [-0.2, 0) is 4.74 Å². The Morgan fingerprint density at radius 1 is 1.43 bits per heavy atom. The SMILES string of the molecule is COc1cc(Br)cc(NC2COC2)c1. The summed E-state index contributed by atoms with van der Waals surface area (Å²) in [5.74, 6) is 0.849. The summed E-state index contributed by atoms with van der Waals surface area (Å²) in [6, 6.07) is 6.38. The van der Waals surface area contributed by atoms with Crippen molar-refractivity contribution in [2.45, 2.75) is 6.04 Å². The average Bonchev–Trinajstić information content (AvgIpc) is 2.10. The summed E-state index contributed by atoms with van der Waals surface area (Å²) >= 11 is 3.43. The highest BCUT2D eigenvalue weighted by molar-refractivity contribution is 9.10. The van der Waals surface area contributed by atoms with Crippen LogP contribution in [0.1, 0.15) is 0 Å². The van der Waals surface area contributed by atoms with E-state index >= 15 is 0 Å². The largest absolute Gasteiger partial charge is 0.497 e. The number of hydrogen-bond donors (Lipinski definition) is 1. The van der Waals surface area contributed by atoms with Gasteiger partial charge >= 0.3 is 0 Å². The Morgan fingerprint density at radius 3 is 2.79 bits per heavy atom. The molecule has 1 aliphatic rings. The summed E-state index contributed by atoms with van der Waals surface area (Å²) < 4.78 is 11.3. The van der Waals surface area contributed by atoms with Crippen molar-refractivity contribution in [2.24, 2.45) is 0 Å². The van der Waals surface area contributed by atoms with Gasteiger partial charge in [-0.25, -0.2) is 0 Å². The maximum Gasteiger partial charge on any atom is 0.122 e. The smallest absolute Gasteiger partial charge is 0.122 e. The molecule has 1 N–H and O–H groups in total. The molecule has 0 spiro atoms. The molecule has 1 saturated heterocycles. The molecule has 1 fully saturated rings. The Labute approximate surface area is 91.5 Å². The van der Waals surface area contributed by atoms with Gasteiger partial charge in [-0.3, -0.25) is 0 Å². The summed E-state index contributed by atoms with van der Waals surface area (Å²) in [5.41, 5.74) is 1.06. The van der Waals surface area contributed by atoms with E-state index in [2.05, 4.69) is 21.2 Å². The first-order chi connectivity index (χ1) is 6.78. The van der Waals surface area contributed by atoms with Crippen molar-refractivity contribution < 1.29 is 9.47 Å². The number of rotatable bonds is 3. The first kappa shape index (κ1) is 9.80. The minimum atomic E-state index is 0.439. The van der Waals surface area contributed by atoms with Gasteiger partial charge in [-0.15, -0.1) is 0 Å². The Bertz CT molecular complexity index is 326. The molecule has 2 rings (SSSR count). The van der Waals surface area contributed by atoms with Gasteiger partial charge in [-0.1, -0.05) is 15.9 Å². The number of ether oxygens (including phenoxy) is 2. The lowest BCUT2D eigenvalue weighted by Gasteiger charge is -2.28. The van der Waals surface area contributed by atoms with Crippen LogP contribution < -0.4 is 10.1 Å². The molecule has 0 atom stereocenters. The van der Waals surface area contributed by atoms with Crippen molar-refractivity contribution in [3.8, 4) is 5.75 Å². The van der Waals surface area contributed by atoms with Gasteiger partial charge in [0.05, 0.1) is 26.4 Å². The van der Waals surface area contributed by atoms with Gasteiger partial charge in [0.2, 0.25) is 0 Å². The third-order valence-corrected chi connectivity index (χ3v) is 2.57. The van der Waals surface area contributed by atoms with Crippen LogP contribution in [0.15, 0.2) is 22.7 Å². The van der Waals surface area contributed by atoms with E-state index in [-0.39, 0.29) is 0 Å². The molecule has 0 aliphatic carbocycles. The Balaban J connectivity index is 2.11. The fraction of sp³-hybridized carbons (Fsp3) is 0.400. The normalized spacial score (nSPS) is 16.1. The maximum absolute atomic E-state index is 5.17. The van der Waals surface area contributed by atoms with Crippen LogP contribution in [0.3, 0.4) is 0 Å². The maximum atomic E-state index is 5.17. The van der Waals surface area contributed by atoms with Crippen LogP contribution in [0.5, 0.6) is 5.75 Å². The van der Waals surface area contributed by atoms with E-state index in [1.54, 1.807) is 7.11 Å². The lowest BCUT2D eigenvalue weighted by Crippen LogP contribution is -2.40. The minimum Gasteiger partial charge on any atom is -0.497 e. The summed E-state index contributed by atoms with van der Waals surface area (Å²) in [6.07, 6.45) is 0. The molecule has 3 nitrogen and oxygen atoms in total. The first-order valence-corrected chi connectivity index (χ1v) is 5.26. The van der Waals surface area contributed by atoms with Crippen molar-refractivity contribution in [3.05, 3.63) is 22.7 Å². The number of methoxy groups -OCH3 is 1. The van der Waals surface area contributed by atoms with E-state index in [1.807, 2.05) is 18.2 Å². The highest BCUT2D eigenvalue weighted by Gasteiger charge is 2.17. The predicted octanol–water partition coefficient (Wildman–Crippen LogP) is 2.27. The zero-order chi connectivity index (χ0) is 9.97. The quantitative estimate of drug-likeness (QED) is 0.902. The fourth-order valence-corrected chi connectivity index (χ4v) is 1.79. The molecule has 0 unspecified atom stereocenters. The summed E-state index contributed by atoms with van der Waals surface area (Å²) in [5, 5.41) is 3.36. The van der Waals surface area contributed by atoms with Gasteiger partial charge in [0.15, 0.2) is 0 Å². The van der Waals surface area contributed by atoms with Crippen LogP contribution in [-0.4, -0.2) is 26.4 Å². The number of nitrogens with one attached hydrogen (secondary N) is 1. The van der Waals surface area contributed by atoms with E-state index < -0.39 is 0 Å². The van der Waals surface area contributed by atoms with Crippen molar-refractivity contribution in [3.63, 3.8) is 0 Å². The van der Waals surface area contributed by atoms with Gasteiger partial charge in [0, 0.05) is 16.2 Å². The molecule has 1 aliphatic heterocycles. The van der Waals surface area contributed by atoms with Crippen LogP contribution in [0, 0.1) is 0 Å². The third kappa shape index (κ3) is 2.19. The second-order valence-corrected chi connectivity index (χ2v) is 4.17. The summed E-state index contributed by atoms with van der Waals surface area (Å²) in [4.78, 5) is 0. The number of hydrogen-bond acceptors (Lipinski definition) is 3. The van der Waals surface area contributed by atoms with Gasteiger partial charge in [0.1, 0.15) is 5.75 Å². The van der Waals surface area contributed by atoms with Crippen molar-refractivity contribution in [2.75, 3.05) is 25.6 Å². The number of benzene rings is 1. The van der Waals surface area contributed by atoms with Gasteiger partial charge < -0.3 is 14.8 Å². The Hall–Kier alpha value is -0.740. The van der Waals surface area contributed by atoms with Gasteiger partial charge in [-0.05, 0) is 12.1 Å². The zero-order valence-electron chi connectivity index (χ0n) is 7.92. The third-order valence-electron chi connectivity index (χ3n) is 2.12. The summed E-state index contributed by atoms with van der Waals surface area (Å²) in [7, 11) is 1.66. The molecule has 0 bridgehead atoms. The van der Waals surface area contributed by atoms with Gasteiger partial charge in [-0.2, -0.15) is 0 Å². The van der Waals surface area contributed by atoms with E-state index in [0.29, 0.717) is 6.04 Å². The second-order valence-electron chi connectivity index (χ2n) is 3.26. The van der Waals surface area contributed by atoms with E-state index in [0.717, 1.165) is 29.1 Å². The molecule has 1 aromatic rings. The molecule has 0 amide bonds. The Kier molecular flexibility index (Phi) is 2.93. The summed E-state index contributed by atoms with van der Waals surface area (Å²) in [6.45, 7) is 1.57. The standard InChI is InChI=1S/C10H12BrNO2/c1-13-10-3-7(11)2-8(4-10)12-9-5-14-6-9/h2-4,9,12H,5-6H2,1H3. The lowest BCUT2D eigenvalue weighted by atomic mass is 10.2. The molecule has 1 aromatic carbocycles. The monoisotopic (exact) mass is 257 g/mol. The van der Waals surface area contributed by atoms with Crippen molar-refractivity contribution >= 4 is 21.6 Å². The molecule has 0 saturated carbocycles. The number of halogens is 1. The molecule has 4 heteroatoms. The van der Waals surface area contributed by atoms with E-state index in [9.17, 15) is 0 Å². The van der Waals surface area contributed by atoms with Crippen LogP contribution in [0.4, 0.5) is 5.69 Å². The molecular formula is C10H12BrNO2. The molecular weight excluding hydrogens is 246 g/mol. The average molecular weight is 258 g/mol. The van der Waals surface area contributed by atoms with Crippen LogP contribution in [0.25, 0.3) is 0 Å². The molecule has 76 valence electrons. The Morgan fingerprint density at radius 2 is 2.21 bits per heavy atom.